The van der Waals surface area contributed by atoms with Crippen molar-refractivity contribution < 1.29 is 9.59 Å². The van der Waals surface area contributed by atoms with E-state index < -0.39 is 0 Å². The lowest BCUT2D eigenvalue weighted by atomic mass is 10.1. The second-order valence-electron chi connectivity index (χ2n) is 5.20. The molecule has 0 aliphatic carbocycles. The fourth-order valence-corrected chi connectivity index (χ4v) is 2.13. The molecule has 0 atom stereocenters. The molecule has 0 saturated heterocycles. The van der Waals surface area contributed by atoms with Crippen molar-refractivity contribution in [1.29, 1.82) is 0 Å². The first-order valence-corrected chi connectivity index (χ1v) is 7.76. The number of amides is 2. The first-order valence-electron chi connectivity index (χ1n) is 7.76. The second-order valence-corrected chi connectivity index (χ2v) is 5.20. The lowest BCUT2D eigenvalue weighted by molar-refractivity contribution is -0.115. The van der Waals surface area contributed by atoms with Gasteiger partial charge in [-0.3, -0.25) is 14.6 Å². The second kappa shape index (κ2) is 8.68. The van der Waals surface area contributed by atoms with Crippen LogP contribution in [0.4, 0.5) is 5.69 Å². The fourth-order valence-electron chi connectivity index (χ4n) is 2.13. The number of hydrogen-bond acceptors (Lipinski definition) is 3. The molecule has 2 amide bonds. The highest BCUT2D eigenvalue weighted by molar-refractivity contribution is 5.97. The summed E-state index contributed by atoms with van der Waals surface area (Å²) >= 11 is 0. The number of anilines is 1. The highest BCUT2D eigenvalue weighted by Gasteiger charge is 2.06. The normalized spacial score (nSPS) is 10.1. The molecule has 2 rings (SSSR count). The highest BCUT2D eigenvalue weighted by atomic mass is 16.2. The van der Waals surface area contributed by atoms with Crippen molar-refractivity contribution in [3.8, 4) is 0 Å². The van der Waals surface area contributed by atoms with Crippen LogP contribution in [0, 0.1) is 0 Å². The Balaban J connectivity index is 1.81. The van der Waals surface area contributed by atoms with Crippen LogP contribution in [0.1, 0.15) is 35.7 Å². The maximum Gasteiger partial charge on any atom is 0.251 e. The quantitative estimate of drug-likeness (QED) is 0.772. The Morgan fingerprint density at radius 2 is 1.91 bits per heavy atom. The lowest BCUT2D eigenvalue weighted by Crippen LogP contribution is -2.25. The maximum atomic E-state index is 12.1. The van der Waals surface area contributed by atoms with Crippen molar-refractivity contribution in [2.75, 3.05) is 11.9 Å². The molecule has 0 fully saturated rings. The molecule has 5 heteroatoms. The van der Waals surface area contributed by atoms with Gasteiger partial charge in [0.25, 0.3) is 5.91 Å². The van der Waals surface area contributed by atoms with E-state index in [1.54, 1.807) is 43.6 Å². The van der Waals surface area contributed by atoms with Crippen molar-refractivity contribution in [3.63, 3.8) is 0 Å². The maximum absolute atomic E-state index is 12.1. The molecule has 0 saturated carbocycles. The number of pyridine rings is 1. The Kier molecular flexibility index (Phi) is 6.29. The predicted octanol–water partition coefficient (Wildman–Crippen LogP) is 2.79. The SMILES string of the molecule is CCC(=O)Nc1cccc(C(=O)NCCCc2ccncc2)c1. The molecule has 0 unspecified atom stereocenters. The van der Waals surface area contributed by atoms with Crippen LogP contribution in [0.2, 0.25) is 0 Å². The molecule has 0 aliphatic heterocycles. The Morgan fingerprint density at radius 1 is 1.13 bits per heavy atom. The smallest absolute Gasteiger partial charge is 0.251 e. The summed E-state index contributed by atoms with van der Waals surface area (Å²) < 4.78 is 0. The molecule has 0 bridgehead atoms. The third-order valence-electron chi connectivity index (χ3n) is 3.41. The van der Waals surface area contributed by atoms with Crippen molar-refractivity contribution in [3.05, 3.63) is 59.9 Å². The molecule has 23 heavy (non-hydrogen) atoms. The third-order valence-corrected chi connectivity index (χ3v) is 3.41. The summed E-state index contributed by atoms with van der Waals surface area (Å²) in [5, 5.41) is 5.65. The van der Waals surface area contributed by atoms with Gasteiger partial charge in [0.15, 0.2) is 0 Å². The molecule has 1 aromatic carbocycles. The Hall–Kier alpha value is -2.69. The van der Waals surface area contributed by atoms with Gasteiger partial charge in [-0.2, -0.15) is 0 Å². The molecular weight excluding hydrogens is 290 g/mol. The van der Waals surface area contributed by atoms with E-state index in [-0.39, 0.29) is 11.8 Å². The van der Waals surface area contributed by atoms with E-state index in [1.165, 1.54) is 5.56 Å². The molecule has 1 heterocycles. The number of rotatable bonds is 7. The Bertz CT molecular complexity index is 656. The number of nitrogens with one attached hydrogen (secondary N) is 2. The van der Waals surface area contributed by atoms with Gasteiger partial charge in [-0.25, -0.2) is 0 Å². The zero-order valence-corrected chi connectivity index (χ0v) is 13.2. The number of carbonyl (C=O) groups excluding carboxylic acids is 2. The van der Waals surface area contributed by atoms with Crippen LogP contribution in [-0.4, -0.2) is 23.3 Å². The van der Waals surface area contributed by atoms with Gasteiger partial charge in [-0.1, -0.05) is 13.0 Å². The van der Waals surface area contributed by atoms with E-state index in [0.717, 1.165) is 12.8 Å². The first-order chi connectivity index (χ1) is 11.2. The summed E-state index contributed by atoms with van der Waals surface area (Å²) in [6, 6.07) is 10.9. The average Bonchev–Trinajstić information content (AvgIpc) is 2.59. The fraction of sp³-hybridized carbons (Fsp3) is 0.278. The average molecular weight is 311 g/mol. The van der Waals surface area contributed by atoms with Gasteiger partial charge in [0.1, 0.15) is 0 Å². The Labute approximate surface area is 136 Å². The number of benzene rings is 1. The monoisotopic (exact) mass is 311 g/mol. The summed E-state index contributed by atoms with van der Waals surface area (Å²) in [5.74, 6) is -0.202. The van der Waals surface area contributed by atoms with Gasteiger partial charge in [0, 0.05) is 36.6 Å². The predicted molar refractivity (Wildman–Crippen MR) is 90.3 cm³/mol. The van der Waals surface area contributed by atoms with Gasteiger partial charge in [-0.15, -0.1) is 0 Å². The van der Waals surface area contributed by atoms with E-state index in [9.17, 15) is 9.59 Å². The minimum atomic E-state index is -0.132. The zero-order chi connectivity index (χ0) is 16.5. The number of aromatic nitrogens is 1. The van der Waals surface area contributed by atoms with E-state index >= 15 is 0 Å². The van der Waals surface area contributed by atoms with Gasteiger partial charge < -0.3 is 10.6 Å². The summed E-state index contributed by atoms with van der Waals surface area (Å²) in [5.41, 5.74) is 2.39. The van der Waals surface area contributed by atoms with Gasteiger partial charge in [-0.05, 0) is 48.7 Å². The molecule has 2 aromatic rings. The summed E-state index contributed by atoms with van der Waals surface area (Å²) in [6.45, 7) is 2.39. The van der Waals surface area contributed by atoms with E-state index in [2.05, 4.69) is 15.6 Å². The van der Waals surface area contributed by atoms with Gasteiger partial charge in [0.05, 0.1) is 0 Å². The number of aryl methyl sites for hydroxylation is 1. The van der Waals surface area contributed by atoms with Crippen LogP contribution >= 0.6 is 0 Å². The van der Waals surface area contributed by atoms with Crippen LogP contribution in [0.15, 0.2) is 48.8 Å². The summed E-state index contributed by atoms with van der Waals surface area (Å²) in [4.78, 5) is 27.5. The number of nitrogens with zero attached hydrogens (tertiary/aromatic N) is 1. The van der Waals surface area contributed by atoms with E-state index in [4.69, 9.17) is 0 Å². The van der Waals surface area contributed by atoms with Crippen LogP contribution < -0.4 is 10.6 Å². The first kappa shape index (κ1) is 16.7. The topological polar surface area (TPSA) is 71.1 Å². The minimum Gasteiger partial charge on any atom is -0.352 e. The van der Waals surface area contributed by atoms with Crippen LogP contribution in [0.3, 0.4) is 0 Å². The molecule has 5 nitrogen and oxygen atoms in total. The largest absolute Gasteiger partial charge is 0.352 e. The molecule has 120 valence electrons. The van der Waals surface area contributed by atoms with Crippen molar-refractivity contribution in [2.24, 2.45) is 0 Å². The molecule has 0 aliphatic rings. The standard InChI is InChI=1S/C18H21N3O2/c1-2-17(22)21-16-7-3-6-15(13-16)18(23)20-10-4-5-14-8-11-19-12-9-14/h3,6-9,11-13H,2,4-5,10H2,1H3,(H,20,23)(H,21,22). The molecule has 2 N–H and O–H groups in total. The summed E-state index contributed by atoms with van der Waals surface area (Å²) in [7, 11) is 0. The Morgan fingerprint density at radius 3 is 2.65 bits per heavy atom. The lowest BCUT2D eigenvalue weighted by Gasteiger charge is -2.08. The van der Waals surface area contributed by atoms with Gasteiger partial charge in [0.2, 0.25) is 5.91 Å². The number of hydrogen-bond donors (Lipinski definition) is 2. The van der Waals surface area contributed by atoms with Crippen molar-refractivity contribution in [2.45, 2.75) is 26.2 Å². The van der Waals surface area contributed by atoms with Crippen LogP contribution in [-0.2, 0) is 11.2 Å². The highest BCUT2D eigenvalue weighted by Crippen LogP contribution is 2.11. The molecule has 0 radical (unpaired) electrons. The minimum absolute atomic E-state index is 0.0695. The van der Waals surface area contributed by atoms with Crippen molar-refractivity contribution >= 4 is 17.5 Å². The van der Waals surface area contributed by atoms with Gasteiger partial charge >= 0.3 is 0 Å². The van der Waals surface area contributed by atoms with E-state index in [1.807, 2.05) is 12.1 Å². The molecule has 0 spiro atoms. The zero-order valence-electron chi connectivity index (χ0n) is 13.2. The number of carbonyl (C=O) groups is 2. The van der Waals surface area contributed by atoms with Crippen molar-refractivity contribution in [1.82, 2.24) is 10.3 Å². The summed E-state index contributed by atoms with van der Waals surface area (Å²) in [6.07, 6.45) is 5.71. The van der Waals surface area contributed by atoms with Crippen LogP contribution in [0.25, 0.3) is 0 Å². The third kappa shape index (κ3) is 5.54. The molecule has 1 aromatic heterocycles. The molecular formula is C18H21N3O2. The van der Waals surface area contributed by atoms with Crippen LogP contribution in [0.5, 0.6) is 0 Å². The van der Waals surface area contributed by atoms with E-state index in [0.29, 0.717) is 24.2 Å².